The molecule has 0 aromatic heterocycles. The van der Waals surface area contributed by atoms with Crippen molar-refractivity contribution >= 4 is 50.7 Å². The minimum atomic E-state index is -3.56. The van der Waals surface area contributed by atoms with E-state index in [1.807, 2.05) is 39.0 Å². The van der Waals surface area contributed by atoms with Crippen molar-refractivity contribution in [1.29, 1.82) is 0 Å². The van der Waals surface area contributed by atoms with Crippen molar-refractivity contribution in [2.45, 2.75) is 66.0 Å². The summed E-state index contributed by atoms with van der Waals surface area (Å²) in [7, 11) is -3.56. The molecule has 10 heteroatoms. The van der Waals surface area contributed by atoms with E-state index in [2.05, 4.69) is 5.32 Å². The van der Waals surface area contributed by atoms with Crippen LogP contribution in [0.2, 0.25) is 10.0 Å². The van der Waals surface area contributed by atoms with Gasteiger partial charge in [-0.15, -0.1) is 0 Å². The molecule has 0 aliphatic rings. The summed E-state index contributed by atoms with van der Waals surface area (Å²) in [5.74, 6) is -0.555. The number of hydrogen-bond acceptors (Lipinski definition) is 4. The van der Waals surface area contributed by atoms with Gasteiger partial charge in [0.25, 0.3) is 0 Å². The molecule has 0 bridgehead atoms. The second-order valence-electron chi connectivity index (χ2n) is 9.33. The lowest BCUT2D eigenvalue weighted by Crippen LogP contribution is -2.48. The summed E-state index contributed by atoms with van der Waals surface area (Å²) < 4.78 is 26.4. The van der Waals surface area contributed by atoms with E-state index in [0.29, 0.717) is 27.8 Å². The number of anilines is 1. The van der Waals surface area contributed by atoms with Gasteiger partial charge in [0, 0.05) is 41.7 Å². The molecule has 2 aromatic rings. The maximum absolute atomic E-state index is 13.4. The van der Waals surface area contributed by atoms with Gasteiger partial charge in [-0.2, -0.15) is 0 Å². The van der Waals surface area contributed by atoms with Gasteiger partial charge in [0.2, 0.25) is 21.8 Å². The number of carbonyl (C=O) groups is 2. The molecule has 0 saturated carbocycles. The van der Waals surface area contributed by atoms with Gasteiger partial charge in [-0.05, 0) is 69.0 Å². The van der Waals surface area contributed by atoms with Crippen LogP contribution in [0.3, 0.4) is 0 Å². The number of nitrogens with one attached hydrogen (secondary N) is 1. The molecule has 0 aliphatic carbocycles. The van der Waals surface area contributed by atoms with Crippen LogP contribution in [0, 0.1) is 13.8 Å². The molecular formula is C27H37Cl2N3O4S. The van der Waals surface area contributed by atoms with Gasteiger partial charge >= 0.3 is 0 Å². The first-order valence-electron chi connectivity index (χ1n) is 12.4. The minimum absolute atomic E-state index is 0.0471. The van der Waals surface area contributed by atoms with Gasteiger partial charge < -0.3 is 10.2 Å². The van der Waals surface area contributed by atoms with E-state index in [1.165, 1.54) is 9.21 Å². The fourth-order valence-corrected chi connectivity index (χ4v) is 5.54. The molecule has 0 unspecified atom stereocenters. The first kappa shape index (κ1) is 30.9. The zero-order valence-electron chi connectivity index (χ0n) is 22.2. The number of benzene rings is 2. The third kappa shape index (κ3) is 9.20. The molecule has 0 spiro atoms. The molecule has 0 radical (unpaired) electrons. The Kier molecular flexibility index (Phi) is 11.7. The monoisotopic (exact) mass is 569 g/mol. The second-order valence-corrected chi connectivity index (χ2v) is 12.0. The van der Waals surface area contributed by atoms with Crippen LogP contribution in [0.1, 0.15) is 56.2 Å². The highest BCUT2D eigenvalue weighted by Crippen LogP contribution is 2.27. The third-order valence-electron chi connectivity index (χ3n) is 6.03. The predicted octanol–water partition coefficient (Wildman–Crippen LogP) is 5.49. The Labute approximate surface area is 231 Å². The summed E-state index contributed by atoms with van der Waals surface area (Å²) in [5.41, 5.74) is 3.02. The summed E-state index contributed by atoms with van der Waals surface area (Å²) in [6.07, 6.45) is 3.24. The van der Waals surface area contributed by atoms with Crippen LogP contribution in [0.25, 0.3) is 0 Å². The second kappa shape index (κ2) is 14.0. The molecule has 37 heavy (non-hydrogen) atoms. The molecule has 2 aromatic carbocycles. The predicted molar refractivity (Wildman–Crippen MR) is 152 cm³/mol. The van der Waals surface area contributed by atoms with E-state index in [0.717, 1.165) is 30.2 Å². The molecule has 0 aliphatic heterocycles. The van der Waals surface area contributed by atoms with Crippen LogP contribution in [0.5, 0.6) is 0 Å². The number of amides is 2. The first-order chi connectivity index (χ1) is 17.3. The average Bonchev–Trinajstić information content (AvgIpc) is 2.79. The first-order valence-corrected chi connectivity index (χ1v) is 15.0. The fourth-order valence-electron chi connectivity index (χ4n) is 4.07. The number of rotatable bonds is 13. The van der Waals surface area contributed by atoms with Gasteiger partial charge in [0.1, 0.15) is 6.04 Å². The highest BCUT2D eigenvalue weighted by Gasteiger charge is 2.27. The van der Waals surface area contributed by atoms with Crippen molar-refractivity contribution in [1.82, 2.24) is 10.2 Å². The summed E-state index contributed by atoms with van der Waals surface area (Å²) in [5, 5.41) is 3.68. The van der Waals surface area contributed by atoms with E-state index in [1.54, 1.807) is 25.1 Å². The highest BCUT2D eigenvalue weighted by atomic mass is 35.5. The van der Waals surface area contributed by atoms with Crippen molar-refractivity contribution in [3.63, 3.8) is 0 Å². The van der Waals surface area contributed by atoms with Crippen LogP contribution in [0.4, 0.5) is 5.69 Å². The van der Waals surface area contributed by atoms with Crippen LogP contribution in [0.15, 0.2) is 36.4 Å². The molecule has 7 nitrogen and oxygen atoms in total. The van der Waals surface area contributed by atoms with E-state index in [-0.39, 0.29) is 37.7 Å². The van der Waals surface area contributed by atoms with Gasteiger partial charge in [0.05, 0.1) is 11.9 Å². The van der Waals surface area contributed by atoms with Crippen molar-refractivity contribution < 1.29 is 18.0 Å². The topological polar surface area (TPSA) is 86.8 Å². The van der Waals surface area contributed by atoms with Crippen LogP contribution < -0.4 is 9.62 Å². The van der Waals surface area contributed by atoms with Crippen LogP contribution in [-0.4, -0.2) is 50.5 Å². The quantitative estimate of drug-likeness (QED) is 0.323. The lowest BCUT2D eigenvalue weighted by molar-refractivity contribution is -0.140. The van der Waals surface area contributed by atoms with E-state index >= 15 is 0 Å². The Hall–Kier alpha value is -2.29. The SMILES string of the molecule is CCCCNC(=O)[C@@H](C)N(Cc1c(Cl)cccc1Cl)C(=O)CCCN(c1cc(C)cc(C)c1)S(C)(=O)=O. The number of aryl methyl sites for hydroxylation is 2. The number of carbonyl (C=O) groups excluding carboxylic acids is 2. The molecule has 0 fully saturated rings. The van der Waals surface area contributed by atoms with E-state index in [4.69, 9.17) is 23.2 Å². The van der Waals surface area contributed by atoms with Crippen molar-refractivity contribution in [3.05, 3.63) is 63.1 Å². The summed E-state index contributed by atoms with van der Waals surface area (Å²) in [6.45, 7) is 8.23. The molecule has 1 N–H and O–H groups in total. The number of hydrogen-bond donors (Lipinski definition) is 1. The van der Waals surface area contributed by atoms with Gasteiger partial charge in [-0.1, -0.05) is 48.7 Å². The largest absolute Gasteiger partial charge is 0.354 e. The smallest absolute Gasteiger partial charge is 0.242 e. The molecule has 0 saturated heterocycles. The number of halogens is 2. The number of unbranched alkanes of at least 4 members (excludes halogenated alkanes) is 1. The fraction of sp³-hybridized carbons (Fsp3) is 0.481. The van der Waals surface area contributed by atoms with Gasteiger partial charge in [0.15, 0.2) is 0 Å². The zero-order valence-corrected chi connectivity index (χ0v) is 24.5. The van der Waals surface area contributed by atoms with Crippen molar-refractivity contribution in [3.8, 4) is 0 Å². The van der Waals surface area contributed by atoms with Crippen LogP contribution in [-0.2, 0) is 26.2 Å². The summed E-state index contributed by atoms with van der Waals surface area (Å²) in [6, 6.07) is 9.92. The van der Waals surface area contributed by atoms with Gasteiger partial charge in [-0.25, -0.2) is 8.42 Å². The Morgan fingerprint density at radius 3 is 2.16 bits per heavy atom. The summed E-state index contributed by atoms with van der Waals surface area (Å²) >= 11 is 12.7. The van der Waals surface area contributed by atoms with Crippen molar-refractivity contribution in [2.24, 2.45) is 0 Å². The third-order valence-corrected chi connectivity index (χ3v) is 7.94. The zero-order chi connectivity index (χ0) is 27.8. The molecular weight excluding hydrogens is 533 g/mol. The Balaban J connectivity index is 2.23. The maximum atomic E-state index is 13.4. The molecule has 2 amide bonds. The molecule has 0 heterocycles. The lowest BCUT2D eigenvalue weighted by atomic mass is 10.1. The van der Waals surface area contributed by atoms with E-state index in [9.17, 15) is 18.0 Å². The lowest BCUT2D eigenvalue weighted by Gasteiger charge is -2.30. The Morgan fingerprint density at radius 1 is 1.03 bits per heavy atom. The average molecular weight is 571 g/mol. The standard InChI is InChI=1S/C27H37Cl2N3O4S/c1-6-7-13-30-27(34)21(4)31(18-23-24(28)10-8-11-25(23)29)26(33)12-9-14-32(37(5,35)36)22-16-19(2)15-20(3)17-22/h8,10-11,15-17,21H,6-7,9,12-14,18H2,1-5H3,(H,30,34)/t21-/m1/s1. The van der Waals surface area contributed by atoms with Crippen LogP contribution >= 0.6 is 23.2 Å². The normalized spacial score (nSPS) is 12.2. The van der Waals surface area contributed by atoms with Crippen molar-refractivity contribution in [2.75, 3.05) is 23.7 Å². The number of sulfonamides is 1. The minimum Gasteiger partial charge on any atom is -0.354 e. The number of nitrogens with zero attached hydrogens (tertiary/aromatic N) is 2. The van der Waals surface area contributed by atoms with E-state index < -0.39 is 16.1 Å². The Morgan fingerprint density at radius 2 is 1.62 bits per heavy atom. The highest BCUT2D eigenvalue weighted by molar-refractivity contribution is 7.92. The summed E-state index contributed by atoms with van der Waals surface area (Å²) in [4.78, 5) is 27.7. The Bertz CT molecular complexity index is 1160. The molecule has 1 atom stereocenters. The van der Waals surface area contributed by atoms with Gasteiger partial charge in [-0.3, -0.25) is 13.9 Å². The molecule has 2 rings (SSSR count). The molecule has 204 valence electrons. The maximum Gasteiger partial charge on any atom is 0.242 e.